The van der Waals surface area contributed by atoms with E-state index in [9.17, 15) is 23.1 Å². The Hall–Kier alpha value is -2.33. The lowest BCUT2D eigenvalue weighted by molar-refractivity contribution is -0.136. The zero-order valence-corrected chi connectivity index (χ0v) is 19.2. The molecule has 10 heteroatoms. The van der Waals surface area contributed by atoms with Crippen molar-refractivity contribution >= 4 is 27.7 Å². The maximum atomic E-state index is 12.9. The average Bonchev–Trinajstić information content (AvgIpc) is 3.00. The van der Waals surface area contributed by atoms with E-state index in [0.717, 1.165) is 5.56 Å². The first kappa shape index (κ1) is 23.3. The highest BCUT2D eigenvalue weighted by molar-refractivity contribution is 7.92. The number of amides is 2. The number of sulfonamides is 1. The van der Waals surface area contributed by atoms with E-state index in [-0.39, 0.29) is 11.3 Å². The summed E-state index contributed by atoms with van der Waals surface area (Å²) in [7, 11) is -3.41. The van der Waals surface area contributed by atoms with E-state index in [0.29, 0.717) is 38.2 Å². The van der Waals surface area contributed by atoms with Crippen molar-refractivity contribution in [1.29, 1.82) is 0 Å². The van der Waals surface area contributed by atoms with E-state index in [2.05, 4.69) is 5.32 Å². The van der Waals surface area contributed by atoms with Gasteiger partial charge in [-0.3, -0.25) is 9.10 Å². The highest BCUT2D eigenvalue weighted by Gasteiger charge is 2.47. The van der Waals surface area contributed by atoms with E-state index in [1.54, 1.807) is 25.7 Å². The Morgan fingerprint density at radius 3 is 2.39 bits per heavy atom. The Kier molecular flexibility index (Phi) is 6.25. The van der Waals surface area contributed by atoms with E-state index < -0.39 is 34.4 Å². The maximum absolute atomic E-state index is 12.9. The number of likely N-dealkylation sites (tertiary alicyclic amines) is 1. The number of hydrogen-bond acceptors (Lipinski definition) is 6. The van der Waals surface area contributed by atoms with E-state index in [1.807, 2.05) is 24.3 Å². The van der Waals surface area contributed by atoms with Crippen LogP contribution in [0.1, 0.15) is 39.2 Å². The minimum Gasteiger partial charge on any atom is -0.444 e. The molecule has 0 aromatic heterocycles. The number of fused-ring (bicyclic) bond motifs is 2. The van der Waals surface area contributed by atoms with Crippen LogP contribution >= 0.6 is 0 Å². The molecule has 9 nitrogen and oxygen atoms in total. The van der Waals surface area contributed by atoms with Gasteiger partial charge in [-0.1, -0.05) is 18.2 Å². The number of aliphatic hydroxyl groups is 1. The second kappa shape index (κ2) is 8.31. The number of ether oxygens (including phenoxy) is 1. The van der Waals surface area contributed by atoms with Crippen molar-refractivity contribution in [2.24, 2.45) is 0 Å². The SMILES string of the molecule is CC(C)(C)OC(=O)N[C@@H](CO)C(=O)N1CCC2(CC1)CN(S(C)(=O)=O)c1ccccc12. The van der Waals surface area contributed by atoms with E-state index in [1.165, 1.54) is 10.6 Å². The molecule has 1 aromatic rings. The first-order chi connectivity index (χ1) is 14.4. The summed E-state index contributed by atoms with van der Waals surface area (Å²) in [6, 6.07) is 6.40. The van der Waals surface area contributed by atoms with Crippen LogP contribution in [0.3, 0.4) is 0 Å². The van der Waals surface area contributed by atoms with Crippen LogP contribution < -0.4 is 9.62 Å². The van der Waals surface area contributed by atoms with Crippen LogP contribution in [0.15, 0.2) is 24.3 Å². The minimum absolute atomic E-state index is 0.354. The number of alkyl carbamates (subject to hydrolysis) is 1. The third-order valence-corrected chi connectivity index (χ3v) is 6.92. The molecule has 1 spiro atoms. The number of piperidine rings is 1. The normalized spacial score (nSPS) is 19.1. The predicted octanol–water partition coefficient (Wildman–Crippen LogP) is 1.21. The van der Waals surface area contributed by atoms with Gasteiger partial charge in [-0.05, 0) is 45.2 Å². The van der Waals surface area contributed by atoms with Gasteiger partial charge >= 0.3 is 6.09 Å². The zero-order chi connectivity index (χ0) is 23.0. The minimum atomic E-state index is -3.41. The number of nitrogens with zero attached hydrogens (tertiary/aromatic N) is 2. The van der Waals surface area contributed by atoms with Gasteiger partial charge in [-0.15, -0.1) is 0 Å². The lowest BCUT2D eigenvalue weighted by Crippen LogP contribution is -2.55. The second-order valence-corrected chi connectivity index (χ2v) is 11.2. The van der Waals surface area contributed by atoms with Gasteiger partial charge in [0.25, 0.3) is 0 Å². The molecule has 0 unspecified atom stereocenters. The number of carbonyl (C=O) groups is 2. The Balaban J connectivity index is 1.70. The molecule has 2 aliphatic heterocycles. The van der Waals surface area contributed by atoms with Crippen molar-refractivity contribution in [2.45, 2.75) is 50.7 Å². The lowest BCUT2D eigenvalue weighted by atomic mass is 9.74. The van der Waals surface area contributed by atoms with Crippen molar-refractivity contribution in [3.05, 3.63) is 29.8 Å². The number of benzene rings is 1. The lowest BCUT2D eigenvalue weighted by Gasteiger charge is -2.40. The Morgan fingerprint density at radius 2 is 1.84 bits per heavy atom. The fraction of sp³-hybridized carbons (Fsp3) is 0.619. The topological polar surface area (TPSA) is 116 Å². The molecule has 1 fully saturated rings. The third kappa shape index (κ3) is 4.95. The van der Waals surface area contributed by atoms with Gasteiger partial charge in [0.2, 0.25) is 15.9 Å². The van der Waals surface area contributed by atoms with Gasteiger partial charge in [-0.25, -0.2) is 13.2 Å². The molecule has 0 aliphatic carbocycles. The summed E-state index contributed by atoms with van der Waals surface area (Å²) in [5.41, 5.74) is 0.609. The van der Waals surface area contributed by atoms with E-state index in [4.69, 9.17) is 4.74 Å². The third-order valence-electron chi connectivity index (χ3n) is 5.79. The molecule has 1 atom stereocenters. The molecule has 1 aromatic carbocycles. The fourth-order valence-corrected chi connectivity index (χ4v) is 5.32. The van der Waals surface area contributed by atoms with Gasteiger partial charge in [0.15, 0.2) is 0 Å². The van der Waals surface area contributed by atoms with Crippen molar-refractivity contribution in [2.75, 3.05) is 36.8 Å². The first-order valence-corrected chi connectivity index (χ1v) is 12.2. The molecule has 172 valence electrons. The molecule has 2 aliphatic rings. The van der Waals surface area contributed by atoms with Crippen LogP contribution in [0, 0.1) is 0 Å². The molecule has 2 N–H and O–H groups in total. The Morgan fingerprint density at radius 1 is 1.23 bits per heavy atom. The molecule has 3 rings (SSSR count). The van der Waals surface area contributed by atoms with Crippen molar-refractivity contribution in [3.8, 4) is 0 Å². The highest BCUT2D eigenvalue weighted by atomic mass is 32.2. The quantitative estimate of drug-likeness (QED) is 0.708. The summed E-state index contributed by atoms with van der Waals surface area (Å²) in [6.45, 7) is 5.76. The molecule has 2 amide bonds. The molecule has 0 radical (unpaired) electrons. The molecule has 0 saturated carbocycles. The summed E-state index contributed by atoms with van der Waals surface area (Å²) in [6.07, 6.45) is 1.62. The highest BCUT2D eigenvalue weighted by Crippen LogP contribution is 2.47. The number of para-hydroxylation sites is 1. The van der Waals surface area contributed by atoms with Crippen LogP contribution in [0.4, 0.5) is 10.5 Å². The van der Waals surface area contributed by atoms with Crippen LogP contribution in [0.2, 0.25) is 0 Å². The molecule has 2 heterocycles. The van der Waals surface area contributed by atoms with Gasteiger partial charge in [0, 0.05) is 25.0 Å². The summed E-state index contributed by atoms with van der Waals surface area (Å²) in [4.78, 5) is 26.5. The number of rotatable bonds is 4. The van der Waals surface area contributed by atoms with Crippen molar-refractivity contribution in [1.82, 2.24) is 10.2 Å². The van der Waals surface area contributed by atoms with Gasteiger partial charge in [0.1, 0.15) is 11.6 Å². The molecule has 1 saturated heterocycles. The molecule has 31 heavy (non-hydrogen) atoms. The summed E-state index contributed by atoms with van der Waals surface area (Å²) < 4.78 is 31.2. The Bertz CT molecular complexity index is 948. The number of carbonyl (C=O) groups excluding carboxylic acids is 2. The van der Waals surface area contributed by atoms with Crippen LogP contribution in [-0.2, 0) is 25.0 Å². The average molecular weight is 454 g/mol. The molecular weight excluding hydrogens is 422 g/mol. The van der Waals surface area contributed by atoms with E-state index >= 15 is 0 Å². The number of anilines is 1. The molecule has 0 bridgehead atoms. The summed E-state index contributed by atoms with van der Waals surface area (Å²) in [5, 5.41) is 12.1. The fourth-order valence-electron chi connectivity index (χ4n) is 4.32. The monoisotopic (exact) mass is 453 g/mol. The van der Waals surface area contributed by atoms with Crippen LogP contribution in [-0.4, -0.2) is 74.6 Å². The van der Waals surface area contributed by atoms with Crippen molar-refractivity contribution < 1.29 is 27.9 Å². The Labute approximate surface area is 183 Å². The first-order valence-electron chi connectivity index (χ1n) is 10.3. The summed E-state index contributed by atoms with van der Waals surface area (Å²) >= 11 is 0. The van der Waals surface area contributed by atoms with Gasteiger partial charge in [-0.2, -0.15) is 0 Å². The summed E-state index contributed by atoms with van der Waals surface area (Å²) in [5.74, 6) is -0.380. The van der Waals surface area contributed by atoms with Crippen LogP contribution in [0.25, 0.3) is 0 Å². The van der Waals surface area contributed by atoms with Crippen molar-refractivity contribution in [3.63, 3.8) is 0 Å². The smallest absolute Gasteiger partial charge is 0.408 e. The zero-order valence-electron chi connectivity index (χ0n) is 18.4. The van der Waals surface area contributed by atoms with Gasteiger partial charge < -0.3 is 20.1 Å². The number of nitrogens with one attached hydrogen (secondary N) is 1. The molecular formula is C21H31N3O6S. The van der Waals surface area contributed by atoms with Gasteiger partial charge in [0.05, 0.1) is 18.6 Å². The standard InChI is InChI=1S/C21H31N3O6S/c1-20(2,3)30-19(27)22-16(13-25)18(26)23-11-9-21(10-12-23)14-24(31(4,28)29)17-8-6-5-7-15(17)21/h5-8,16,25H,9-14H2,1-4H3,(H,22,27)/t16-/m0/s1. The second-order valence-electron chi connectivity index (χ2n) is 9.27. The maximum Gasteiger partial charge on any atom is 0.408 e. The number of aliphatic hydroxyl groups excluding tert-OH is 1. The number of hydrogen-bond donors (Lipinski definition) is 2. The van der Waals surface area contributed by atoms with Crippen LogP contribution in [0.5, 0.6) is 0 Å². The largest absolute Gasteiger partial charge is 0.444 e. The predicted molar refractivity (Wildman–Crippen MR) is 116 cm³/mol.